The fraction of sp³-hybridized carbons (Fsp3) is 0.583. The molecule has 106 valence electrons. The van der Waals surface area contributed by atoms with Crippen LogP contribution in [0.2, 0.25) is 0 Å². The van der Waals surface area contributed by atoms with E-state index in [1.807, 2.05) is 0 Å². The van der Waals surface area contributed by atoms with Gasteiger partial charge in [-0.05, 0) is 13.3 Å². The van der Waals surface area contributed by atoms with Gasteiger partial charge in [-0.3, -0.25) is 4.79 Å². The van der Waals surface area contributed by atoms with Gasteiger partial charge in [-0.25, -0.2) is 9.59 Å². The molecule has 0 aromatic carbocycles. The Balaban J connectivity index is 2.83. The van der Waals surface area contributed by atoms with Gasteiger partial charge < -0.3 is 19.9 Å². The molecule has 2 N–H and O–H groups in total. The summed E-state index contributed by atoms with van der Waals surface area (Å²) < 4.78 is 9.67. The van der Waals surface area contributed by atoms with E-state index in [1.54, 1.807) is 6.92 Å². The van der Waals surface area contributed by atoms with Gasteiger partial charge in [-0.15, -0.1) is 0 Å². The lowest BCUT2D eigenvalue weighted by atomic mass is 10.1. The standard InChI is InChI=1S/C12H17NO6/c1-4-5-18-11(16)12(17)8(6-9(14)13-12)19-10(15)7(2)3/h8,17H,2,4-6H2,1,3H3,(H,13,14)/t8?,12-/m1/s1. The Morgan fingerprint density at radius 1 is 1.58 bits per heavy atom. The molecule has 0 aliphatic carbocycles. The van der Waals surface area contributed by atoms with Gasteiger partial charge >= 0.3 is 11.9 Å². The first kappa shape index (κ1) is 15.2. The monoisotopic (exact) mass is 271 g/mol. The molecule has 2 atom stereocenters. The van der Waals surface area contributed by atoms with E-state index >= 15 is 0 Å². The number of nitrogens with one attached hydrogen (secondary N) is 1. The molecule has 1 fully saturated rings. The fourth-order valence-electron chi connectivity index (χ4n) is 1.50. The van der Waals surface area contributed by atoms with E-state index in [9.17, 15) is 19.5 Å². The second-order valence-corrected chi connectivity index (χ2v) is 4.33. The van der Waals surface area contributed by atoms with Gasteiger partial charge in [0.25, 0.3) is 5.72 Å². The highest BCUT2D eigenvalue weighted by molar-refractivity contribution is 5.93. The molecule has 1 rings (SSSR count). The van der Waals surface area contributed by atoms with E-state index in [4.69, 9.17) is 9.47 Å². The van der Waals surface area contributed by atoms with Crippen LogP contribution in [0.25, 0.3) is 0 Å². The second kappa shape index (κ2) is 5.83. The van der Waals surface area contributed by atoms with Gasteiger partial charge in [0.2, 0.25) is 5.91 Å². The van der Waals surface area contributed by atoms with Crippen LogP contribution in [-0.2, 0) is 23.9 Å². The number of amides is 1. The number of aliphatic hydroxyl groups is 1. The molecule has 0 aromatic rings. The number of carbonyl (C=O) groups is 3. The molecule has 1 saturated heterocycles. The summed E-state index contributed by atoms with van der Waals surface area (Å²) in [5.74, 6) is -2.43. The smallest absolute Gasteiger partial charge is 0.363 e. The van der Waals surface area contributed by atoms with Crippen LogP contribution in [0.4, 0.5) is 0 Å². The molecule has 1 aliphatic heterocycles. The number of esters is 2. The molecule has 0 spiro atoms. The third-order valence-electron chi connectivity index (χ3n) is 2.51. The van der Waals surface area contributed by atoms with Crippen molar-refractivity contribution in [1.82, 2.24) is 5.32 Å². The minimum atomic E-state index is -2.34. The van der Waals surface area contributed by atoms with Gasteiger partial charge in [-0.2, -0.15) is 0 Å². The molecule has 1 unspecified atom stereocenters. The fourth-order valence-corrected chi connectivity index (χ4v) is 1.50. The molecule has 7 heteroatoms. The van der Waals surface area contributed by atoms with Crippen molar-refractivity contribution in [2.45, 2.75) is 38.5 Å². The van der Waals surface area contributed by atoms with Crippen molar-refractivity contribution in [2.75, 3.05) is 6.61 Å². The van der Waals surface area contributed by atoms with Gasteiger partial charge in [-0.1, -0.05) is 13.5 Å². The molecule has 19 heavy (non-hydrogen) atoms. The zero-order chi connectivity index (χ0) is 14.6. The Labute approximate surface area is 110 Å². The highest BCUT2D eigenvalue weighted by Gasteiger charge is 2.55. The summed E-state index contributed by atoms with van der Waals surface area (Å²) in [5.41, 5.74) is -2.24. The lowest BCUT2D eigenvalue weighted by Crippen LogP contribution is -2.57. The SMILES string of the molecule is C=C(C)C(=O)OC1CC(=O)N[C@]1(O)C(=O)OCCC. The third kappa shape index (κ3) is 3.31. The largest absolute Gasteiger partial charge is 0.462 e. The summed E-state index contributed by atoms with van der Waals surface area (Å²) in [6, 6.07) is 0. The molecule has 0 radical (unpaired) electrons. The van der Waals surface area contributed by atoms with Gasteiger partial charge in [0.15, 0.2) is 6.10 Å². The molecular weight excluding hydrogens is 254 g/mol. The second-order valence-electron chi connectivity index (χ2n) is 4.33. The minimum absolute atomic E-state index is 0.0954. The summed E-state index contributed by atoms with van der Waals surface area (Å²) in [5, 5.41) is 12.2. The van der Waals surface area contributed by atoms with Crippen molar-refractivity contribution in [3.8, 4) is 0 Å². The lowest BCUT2D eigenvalue weighted by Gasteiger charge is -2.26. The third-order valence-corrected chi connectivity index (χ3v) is 2.51. The maximum absolute atomic E-state index is 11.7. The lowest BCUT2D eigenvalue weighted by molar-refractivity contribution is -0.185. The van der Waals surface area contributed by atoms with E-state index in [1.165, 1.54) is 6.92 Å². The summed E-state index contributed by atoms with van der Waals surface area (Å²) in [6.45, 7) is 6.67. The zero-order valence-electron chi connectivity index (χ0n) is 10.9. The van der Waals surface area contributed by atoms with Crippen LogP contribution in [-0.4, -0.2) is 41.4 Å². The average Bonchev–Trinajstić information content (AvgIpc) is 2.62. The van der Waals surface area contributed by atoms with Crippen LogP contribution in [0.1, 0.15) is 26.7 Å². The van der Waals surface area contributed by atoms with Gasteiger partial charge in [0.05, 0.1) is 13.0 Å². The number of ether oxygens (including phenoxy) is 2. The topological polar surface area (TPSA) is 102 Å². The number of carbonyl (C=O) groups excluding carboxylic acids is 3. The first-order chi connectivity index (χ1) is 8.81. The molecule has 1 heterocycles. The molecule has 7 nitrogen and oxygen atoms in total. The Kier molecular flexibility index (Phi) is 4.66. The van der Waals surface area contributed by atoms with E-state index in [0.29, 0.717) is 6.42 Å². The Morgan fingerprint density at radius 2 is 2.21 bits per heavy atom. The van der Waals surface area contributed by atoms with E-state index < -0.39 is 29.7 Å². The summed E-state index contributed by atoms with van der Waals surface area (Å²) in [4.78, 5) is 34.4. The Hall–Kier alpha value is -1.89. The normalized spacial score (nSPS) is 25.6. The van der Waals surface area contributed by atoms with Crippen LogP contribution in [0.5, 0.6) is 0 Å². The number of rotatable bonds is 5. The van der Waals surface area contributed by atoms with Crippen LogP contribution >= 0.6 is 0 Å². The Morgan fingerprint density at radius 3 is 2.74 bits per heavy atom. The Bertz CT molecular complexity index is 418. The van der Waals surface area contributed by atoms with Crippen molar-refractivity contribution >= 4 is 17.8 Å². The van der Waals surface area contributed by atoms with Crippen LogP contribution < -0.4 is 5.32 Å². The number of hydrogen-bond donors (Lipinski definition) is 2. The van der Waals surface area contributed by atoms with Crippen molar-refractivity contribution in [3.05, 3.63) is 12.2 Å². The van der Waals surface area contributed by atoms with E-state index in [0.717, 1.165) is 0 Å². The van der Waals surface area contributed by atoms with Crippen molar-refractivity contribution in [1.29, 1.82) is 0 Å². The van der Waals surface area contributed by atoms with Crippen molar-refractivity contribution in [3.63, 3.8) is 0 Å². The van der Waals surface area contributed by atoms with Crippen molar-refractivity contribution in [2.24, 2.45) is 0 Å². The summed E-state index contributed by atoms with van der Waals surface area (Å²) in [6.07, 6.45) is -1.07. The van der Waals surface area contributed by atoms with E-state index in [2.05, 4.69) is 11.9 Å². The molecule has 1 aliphatic rings. The van der Waals surface area contributed by atoms with Crippen LogP contribution in [0, 0.1) is 0 Å². The maximum Gasteiger partial charge on any atom is 0.363 e. The molecule has 0 saturated carbocycles. The van der Waals surface area contributed by atoms with Crippen LogP contribution in [0.15, 0.2) is 12.2 Å². The van der Waals surface area contributed by atoms with Gasteiger partial charge in [0.1, 0.15) is 0 Å². The molecule has 0 aromatic heterocycles. The van der Waals surface area contributed by atoms with Gasteiger partial charge in [0, 0.05) is 5.57 Å². The number of hydrogen-bond acceptors (Lipinski definition) is 6. The molecule has 0 bridgehead atoms. The summed E-state index contributed by atoms with van der Waals surface area (Å²) >= 11 is 0. The van der Waals surface area contributed by atoms with Crippen LogP contribution in [0.3, 0.4) is 0 Å². The maximum atomic E-state index is 11.7. The highest BCUT2D eigenvalue weighted by Crippen LogP contribution is 2.24. The first-order valence-corrected chi connectivity index (χ1v) is 5.88. The zero-order valence-corrected chi connectivity index (χ0v) is 10.9. The van der Waals surface area contributed by atoms with Crippen molar-refractivity contribution < 1.29 is 29.0 Å². The molecular formula is C12H17NO6. The highest BCUT2D eigenvalue weighted by atomic mass is 16.6. The average molecular weight is 271 g/mol. The predicted molar refractivity (Wildman–Crippen MR) is 63.7 cm³/mol. The predicted octanol–water partition coefficient (Wildman–Crippen LogP) is -0.364. The van der Waals surface area contributed by atoms with E-state index in [-0.39, 0.29) is 18.6 Å². The molecule has 1 amide bonds. The summed E-state index contributed by atoms with van der Waals surface area (Å²) in [7, 11) is 0. The minimum Gasteiger partial charge on any atom is -0.462 e. The quantitative estimate of drug-likeness (QED) is 0.523. The first-order valence-electron chi connectivity index (χ1n) is 5.88.